The van der Waals surface area contributed by atoms with Gasteiger partial charge in [0.2, 0.25) is 0 Å². The zero-order chi connectivity index (χ0) is 14.4. The predicted molar refractivity (Wildman–Crippen MR) is 88.5 cm³/mol. The van der Waals surface area contributed by atoms with Gasteiger partial charge in [0.25, 0.3) is 0 Å². The number of aryl methyl sites for hydroxylation is 1. The first-order valence-corrected chi connectivity index (χ1v) is 8.06. The number of pyridine rings is 1. The maximum Gasteiger partial charge on any atom is 0.153 e. The fourth-order valence-corrected chi connectivity index (χ4v) is 4.11. The monoisotopic (exact) mass is 313 g/mol. The highest BCUT2D eigenvalue weighted by Gasteiger charge is 2.13. The van der Waals surface area contributed by atoms with Crippen LogP contribution in [0.15, 0.2) is 36.0 Å². The number of nitrogen functional groups attached to an aromatic ring is 1. The van der Waals surface area contributed by atoms with Crippen molar-refractivity contribution in [1.29, 1.82) is 0 Å². The third-order valence-electron chi connectivity index (χ3n) is 3.20. The number of fused-ring (bicyclic) bond motifs is 3. The molecule has 4 rings (SSSR count). The maximum atomic E-state index is 6.02. The lowest BCUT2D eigenvalue weighted by molar-refractivity contribution is 0.491. The third kappa shape index (κ3) is 2.03. The Bertz CT molecular complexity index is 958. The Morgan fingerprint density at radius 3 is 3.00 bits per heavy atom. The molecule has 6 heteroatoms. The highest BCUT2D eigenvalue weighted by atomic mass is 32.1. The van der Waals surface area contributed by atoms with E-state index < -0.39 is 0 Å². The first-order chi connectivity index (χ1) is 10.2. The highest BCUT2D eigenvalue weighted by Crippen LogP contribution is 2.41. The minimum absolute atomic E-state index is 0.529. The second-order valence-electron chi connectivity index (χ2n) is 4.63. The Kier molecular flexibility index (Phi) is 2.80. The molecule has 0 amide bonds. The van der Waals surface area contributed by atoms with E-state index in [1.807, 2.05) is 13.0 Å². The van der Waals surface area contributed by atoms with Crippen molar-refractivity contribution in [3.63, 3.8) is 0 Å². The molecule has 0 bridgehead atoms. The number of rotatable bonds is 2. The minimum atomic E-state index is 0.529. The summed E-state index contributed by atoms with van der Waals surface area (Å²) in [5.41, 5.74) is 7.49. The molecule has 3 aromatic heterocycles. The quantitative estimate of drug-likeness (QED) is 0.588. The number of anilines is 1. The van der Waals surface area contributed by atoms with Gasteiger partial charge in [-0.25, -0.2) is 4.98 Å². The maximum absolute atomic E-state index is 6.02. The van der Waals surface area contributed by atoms with Crippen molar-refractivity contribution in [1.82, 2.24) is 9.97 Å². The number of benzene rings is 1. The molecule has 104 valence electrons. The molecule has 2 N–H and O–H groups in total. The zero-order valence-electron chi connectivity index (χ0n) is 11.2. The SMILES string of the molecule is Cc1nc2c(cc(Oc3ccncc3N)c3ccsc32)s1. The van der Waals surface area contributed by atoms with Gasteiger partial charge in [0.05, 0.1) is 31.8 Å². The average molecular weight is 313 g/mol. The van der Waals surface area contributed by atoms with Gasteiger partial charge in [-0.3, -0.25) is 4.98 Å². The Labute approximate surface area is 128 Å². The van der Waals surface area contributed by atoms with Gasteiger partial charge in [-0.2, -0.15) is 0 Å². The van der Waals surface area contributed by atoms with E-state index in [2.05, 4.69) is 21.4 Å². The van der Waals surface area contributed by atoms with Crippen LogP contribution in [0.25, 0.3) is 20.3 Å². The van der Waals surface area contributed by atoms with Crippen molar-refractivity contribution >= 4 is 48.7 Å². The van der Waals surface area contributed by atoms with E-state index in [-0.39, 0.29) is 0 Å². The van der Waals surface area contributed by atoms with E-state index >= 15 is 0 Å². The largest absolute Gasteiger partial charge is 0.454 e. The zero-order valence-corrected chi connectivity index (χ0v) is 12.8. The molecule has 0 unspecified atom stereocenters. The number of hydrogen-bond donors (Lipinski definition) is 1. The molecule has 0 aliphatic heterocycles. The summed E-state index contributed by atoms with van der Waals surface area (Å²) in [5, 5.41) is 4.18. The lowest BCUT2D eigenvalue weighted by Crippen LogP contribution is -1.92. The highest BCUT2D eigenvalue weighted by molar-refractivity contribution is 7.21. The molecule has 0 radical (unpaired) electrons. The molecule has 0 fully saturated rings. The van der Waals surface area contributed by atoms with Crippen LogP contribution in [0, 0.1) is 6.92 Å². The van der Waals surface area contributed by atoms with Crippen LogP contribution in [0.3, 0.4) is 0 Å². The fourth-order valence-electron chi connectivity index (χ4n) is 2.28. The number of thiophene rings is 1. The molecule has 3 heterocycles. The smallest absolute Gasteiger partial charge is 0.153 e. The Morgan fingerprint density at radius 1 is 1.24 bits per heavy atom. The van der Waals surface area contributed by atoms with Crippen LogP contribution in [0.2, 0.25) is 0 Å². The number of nitrogens with two attached hydrogens (primary N) is 1. The summed E-state index contributed by atoms with van der Waals surface area (Å²) in [6.07, 6.45) is 3.27. The van der Waals surface area contributed by atoms with Crippen molar-refractivity contribution in [2.24, 2.45) is 0 Å². The van der Waals surface area contributed by atoms with Crippen LogP contribution in [-0.4, -0.2) is 9.97 Å². The van der Waals surface area contributed by atoms with Gasteiger partial charge < -0.3 is 10.5 Å². The number of nitrogens with zero attached hydrogens (tertiary/aromatic N) is 2. The molecule has 4 aromatic rings. The summed E-state index contributed by atoms with van der Waals surface area (Å²) in [5.74, 6) is 1.43. The van der Waals surface area contributed by atoms with Gasteiger partial charge in [0.15, 0.2) is 5.75 Å². The number of thiazole rings is 1. The van der Waals surface area contributed by atoms with Crippen molar-refractivity contribution in [3.05, 3.63) is 41.0 Å². The molecule has 1 aromatic carbocycles. The summed E-state index contributed by atoms with van der Waals surface area (Å²) in [6, 6.07) is 5.87. The summed E-state index contributed by atoms with van der Waals surface area (Å²) >= 11 is 3.35. The summed E-state index contributed by atoms with van der Waals surface area (Å²) in [7, 11) is 0. The Balaban J connectivity index is 1.94. The lowest BCUT2D eigenvalue weighted by Gasteiger charge is -2.09. The van der Waals surface area contributed by atoms with Crippen LogP contribution < -0.4 is 10.5 Å². The van der Waals surface area contributed by atoms with Gasteiger partial charge in [0.1, 0.15) is 5.75 Å². The first kappa shape index (κ1) is 12.6. The average Bonchev–Trinajstić information content (AvgIpc) is 3.06. The van der Waals surface area contributed by atoms with Gasteiger partial charge in [-0.05, 0) is 18.4 Å². The number of hydrogen-bond acceptors (Lipinski definition) is 6. The van der Waals surface area contributed by atoms with Gasteiger partial charge in [-0.15, -0.1) is 22.7 Å². The minimum Gasteiger partial charge on any atom is -0.454 e. The fraction of sp³-hybridized carbons (Fsp3) is 0.0667. The van der Waals surface area contributed by atoms with Crippen molar-refractivity contribution in [2.45, 2.75) is 6.92 Å². The molecule has 0 spiro atoms. The van der Waals surface area contributed by atoms with Gasteiger partial charge in [-0.1, -0.05) is 0 Å². The predicted octanol–water partition coefficient (Wildman–Crippen LogP) is 4.59. The van der Waals surface area contributed by atoms with E-state index in [0.717, 1.165) is 31.1 Å². The van der Waals surface area contributed by atoms with E-state index in [0.29, 0.717) is 11.4 Å². The molecule has 0 atom stereocenters. The molecule has 0 aliphatic carbocycles. The second kappa shape index (κ2) is 4.68. The second-order valence-corrected chi connectivity index (χ2v) is 6.78. The molecule has 0 saturated carbocycles. The van der Waals surface area contributed by atoms with Crippen molar-refractivity contribution in [3.8, 4) is 11.5 Å². The molecule has 21 heavy (non-hydrogen) atoms. The molecular formula is C15H11N3OS2. The van der Waals surface area contributed by atoms with Gasteiger partial charge in [0, 0.05) is 23.7 Å². The Hall–Kier alpha value is -2.18. The summed E-state index contributed by atoms with van der Waals surface area (Å²) in [4.78, 5) is 8.60. The molecule has 0 aliphatic rings. The van der Waals surface area contributed by atoms with E-state index in [4.69, 9.17) is 10.5 Å². The van der Waals surface area contributed by atoms with E-state index in [1.54, 1.807) is 41.1 Å². The number of aromatic nitrogens is 2. The van der Waals surface area contributed by atoms with Crippen molar-refractivity contribution in [2.75, 3.05) is 5.73 Å². The molecule has 4 nitrogen and oxygen atoms in total. The third-order valence-corrected chi connectivity index (χ3v) is 5.04. The van der Waals surface area contributed by atoms with Crippen LogP contribution in [0.4, 0.5) is 5.69 Å². The van der Waals surface area contributed by atoms with E-state index in [9.17, 15) is 0 Å². The van der Waals surface area contributed by atoms with Crippen molar-refractivity contribution < 1.29 is 4.74 Å². The molecular weight excluding hydrogens is 302 g/mol. The molecule has 0 saturated heterocycles. The Morgan fingerprint density at radius 2 is 2.14 bits per heavy atom. The standard InChI is InChI=1S/C15H11N3OS2/c1-8-18-14-13(21-8)6-12(9-3-5-20-15(9)14)19-11-2-4-17-7-10(11)16/h2-7H,16H2,1H3. The number of ether oxygens (including phenoxy) is 1. The van der Waals surface area contributed by atoms with Crippen LogP contribution in [0.1, 0.15) is 5.01 Å². The normalized spacial score (nSPS) is 11.3. The van der Waals surface area contributed by atoms with E-state index in [1.165, 1.54) is 0 Å². The summed E-state index contributed by atoms with van der Waals surface area (Å²) < 4.78 is 8.30. The lowest BCUT2D eigenvalue weighted by atomic mass is 10.2. The summed E-state index contributed by atoms with van der Waals surface area (Å²) in [6.45, 7) is 2.02. The first-order valence-electron chi connectivity index (χ1n) is 6.37. The van der Waals surface area contributed by atoms with Crippen LogP contribution >= 0.6 is 22.7 Å². The van der Waals surface area contributed by atoms with Crippen LogP contribution in [-0.2, 0) is 0 Å². The van der Waals surface area contributed by atoms with Gasteiger partial charge >= 0.3 is 0 Å². The van der Waals surface area contributed by atoms with Crippen LogP contribution in [0.5, 0.6) is 11.5 Å². The topological polar surface area (TPSA) is 61.0 Å².